The minimum Gasteiger partial charge on any atom is -0.355 e. The van der Waals surface area contributed by atoms with E-state index in [4.69, 9.17) is 0 Å². The van der Waals surface area contributed by atoms with Gasteiger partial charge in [0.05, 0.1) is 0 Å². The summed E-state index contributed by atoms with van der Waals surface area (Å²) in [5.74, 6) is 1.07. The number of likely N-dealkylation sites (N-methyl/N-ethyl adjacent to an activating group) is 1. The van der Waals surface area contributed by atoms with Crippen molar-refractivity contribution in [3.8, 4) is 0 Å². The van der Waals surface area contributed by atoms with Crippen LogP contribution in [0.3, 0.4) is 0 Å². The molecule has 90 valence electrons. The highest BCUT2D eigenvalue weighted by atomic mass is 79.9. The first kappa shape index (κ1) is 13.5. The van der Waals surface area contributed by atoms with Crippen molar-refractivity contribution in [2.24, 2.45) is 0 Å². The molecule has 0 aromatic carbocycles. The van der Waals surface area contributed by atoms with E-state index in [-0.39, 0.29) is 0 Å². The number of pyridine rings is 1. The summed E-state index contributed by atoms with van der Waals surface area (Å²) in [6.07, 6.45) is 3.02. The maximum Gasteiger partial charge on any atom is 0.128 e. The average molecular weight is 286 g/mol. The van der Waals surface area contributed by atoms with Gasteiger partial charge in [-0.25, -0.2) is 4.98 Å². The fraction of sp³-hybridized carbons (Fsp3) is 0.583. The second-order valence-corrected chi connectivity index (χ2v) is 4.74. The number of aryl methyl sites for hydroxylation is 1. The van der Waals surface area contributed by atoms with Crippen LogP contribution in [0, 0.1) is 6.92 Å². The number of hydrogen-bond donors (Lipinski definition) is 1. The molecule has 16 heavy (non-hydrogen) atoms. The largest absolute Gasteiger partial charge is 0.355 e. The molecule has 0 saturated heterocycles. The van der Waals surface area contributed by atoms with Crippen molar-refractivity contribution < 1.29 is 0 Å². The van der Waals surface area contributed by atoms with Gasteiger partial charge in [0.2, 0.25) is 0 Å². The number of nitrogens with one attached hydrogen (secondary N) is 1. The summed E-state index contributed by atoms with van der Waals surface area (Å²) in [5, 5.41) is 3.17. The molecule has 1 N–H and O–H groups in total. The van der Waals surface area contributed by atoms with Crippen LogP contribution in [0.15, 0.2) is 16.7 Å². The summed E-state index contributed by atoms with van der Waals surface area (Å²) in [4.78, 5) is 6.78. The Morgan fingerprint density at radius 1 is 1.44 bits per heavy atom. The normalized spacial score (nSPS) is 10.5. The van der Waals surface area contributed by atoms with E-state index < -0.39 is 0 Å². The van der Waals surface area contributed by atoms with Gasteiger partial charge >= 0.3 is 0 Å². The molecule has 1 aromatic heterocycles. The lowest BCUT2D eigenvalue weighted by molar-refractivity contribution is 0.702. The fourth-order valence-corrected chi connectivity index (χ4v) is 1.77. The van der Waals surface area contributed by atoms with Crippen LogP contribution in [0.5, 0.6) is 0 Å². The Labute approximate surface area is 106 Å². The third-order valence-corrected chi connectivity index (χ3v) is 3.31. The number of aromatic nitrogens is 1. The molecule has 1 aromatic rings. The van der Waals surface area contributed by atoms with E-state index in [1.54, 1.807) is 0 Å². The number of anilines is 1. The lowest BCUT2D eigenvalue weighted by atomic mass is 10.3. The van der Waals surface area contributed by atoms with E-state index in [1.165, 1.54) is 5.56 Å². The van der Waals surface area contributed by atoms with Crippen molar-refractivity contribution >= 4 is 21.7 Å². The van der Waals surface area contributed by atoms with Gasteiger partial charge in [0.25, 0.3) is 0 Å². The molecule has 0 aliphatic rings. The highest BCUT2D eigenvalue weighted by Crippen LogP contribution is 2.19. The first-order valence-corrected chi connectivity index (χ1v) is 6.50. The Kier molecular flexibility index (Phi) is 5.77. The van der Waals surface area contributed by atoms with Gasteiger partial charge in [-0.2, -0.15) is 0 Å². The Morgan fingerprint density at radius 2 is 2.19 bits per heavy atom. The molecule has 0 atom stereocenters. The van der Waals surface area contributed by atoms with E-state index >= 15 is 0 Å². The van der Waals surface area contributed by atoms with Gasteiger partial charge in [0, 0.05) is 30.3 Å². The van der Waals surface area contributed by atoms with E-state index in [2.05, 4.69) is 51.0 Å². The molecule has 1 rings (SSSR count). The zero-order valence-corrected chi connectivity index (χ0v) is 11.8. The molecule has 0 spiro atoms. The minimum absolute atomic E-state index is 0.983. The summed E-state index contributed by atoms with van der Waals surface area (Å²) < 4.78 is 1.07. The summed E-state index contributed by atoms with van der Waals surface area (Å²) in [6, 6.07) is 2.13. The third kappa shape index (κ3) is 3.76. The van der Waals surface area contributed by atoms with Gasteiger partial charge in [0.1, 0.15) is 5.82 Å². The van der Waals surface area contributed by atoms with E-state index in [1.807, 2.05) is 13.2 Å². The second kappa shape index (κ2) is 6.86. The highest BCUT2D eigenvalue weighted by Gasteiger charge is 2.07. The second-order valence-electron chi connectivity index (χ2n) is 3.88. The van der Waals surface area contributed by atoms with Crippen molar-refractivity contribution in [2.45, 2.75) is 20.3 Å². The predicted octanol–water partition coefficient (Wildman–Crippen LogP) is 2.59. The molecular formula is C12H20BrN3. The molecule has 0 amide bonds. The van der Waals surface area contributed by atoms with Crippen LogP contribution in [0.25, 0.3) is 0 Å². The predicted molar refractivity (Wildman–Crippen MR) is 73.1 cm³/mol. The molecule has 0 unspecified atom stereocenters. The fourth-order valence-electron chi connectivity index (χ4n) is 1.56. The van der Waals surface area contributed by atoms with Crippen molar-refractivity contribution in [3.05, 3.63) is 22.3 Å². The van der Waals surface area contributed by atoms with Gasteiger partial charge in [-0.05, 0) is 48.0 Å². The number of rotatable bonds is 6. The molecular weight excluding hydrogens is 266 g/mol. The van der Waals surface area contributed by atoms with Gasteiger partial charge < -0.3 is 10.2 Å². The maximum absolute atomic E-state index is 4.46. The Bertz CT molecular complexity index is 328. The molecule has 0 radical (unpaired) electrons. The van der Waals surface area contributed by atoms with Crippen LogP contribution in [-0.4, -0.2) is 31.7 Å². The zero-order chi connectivity index (χ0) is 12.0. The molecule has 0 aliphatic carbocycles. The Balaban J connectivity index is 2.78. The SMILES string of the molecule is CCCN(CCNC)c1cc(C)c(Br)cn1. The van der Waals surface area contributed by atoms with Crippen LogP contribution in [0.1, 0.15) is 18.9 Å². The monoisotopic (exact) mass is 285 g/mol. The first-order valence-electron chi connectivity index (χ1n) is 5.70. The topological polar surface area (TPSA) is 28.2 Å². The lowest BCUT2D eigenvalue weighted by Gasteiger charge is -2.23. The van der Waals surface area contributed by atoms with E-state index in [0.29, 0.717) is 0 Å². The van der Waals surface area contributed by atoms with E-state index in [0.717, 1.165) is 36.3 Å². The van der Waals surface area contributed by atoms with Crippen LogP contribution in [0.2, 0.25) is 0 Å². The zero-order valence-electron chi connectivity index (χ0n) is 10.3. The first-order chi connectivity index (χ1) is 7.69. The highest BCUT2D eigenvalue weighted by molar-refractivity contribution is 9.10. The van der Waals surface area contributed by atoms with Gasteiger partial charge in [0.15, 0.2) is 0 Å². The van der Waals surface area contributed by atoms with Crippen LogP contribution < -0.4 is 10.2 Å². The van der Waals surface area contributed by atoms with Crippen molar-refractivity contribution in [2.75, 3.05) is 31.6 Å². The maximum atomic E-state index is 4.46. The van der Waals surface area contributed by atoms with Crippen molar-refractivity contribution in [1.82, 2.24) is 10.3 Å². The van der Waals surface area contributed by atoms with Crippen LogP contribution >= 0.6 is 15.9 Å². The molecule has 4 heteroatoms. The Hall–Kier alpha value is -0.610. The molecule has 0 aliphatic heterocycles. The summed E-state index contributed by atoms with van der Waals surface area (Å²) >= 11 is 3.48. The summed E-state index contributed by atoms with van der Waals surface area (Å²) in [6.45, 7) is 7.32. The standard InChI is InChI=1S/C12H20BrN3/c1-4-6-16(7-5-14-3)12-8-10(2)11(13)9-15-12/h8-9,14H,4-7H2,1-3H3. The minimum atomic E-state index is 0.983. The van der Waals surface area contributed by atoms with Crippen LogP contribution in [-0.2, 0) is 0 Å². The summed E-state index contributed by atoms with van der Waals surface area (Å²) in [7, 11) is 1.98. The number of halogens is 1. The molecule has 1 heterocycles. The third-order valence-electron chi connectivity index (χ3n) is 2.48. The van der Waals surface area contributed by atoms with E-state index in [9.17, 15) is 0 Å². The number of hydrogen-bond acceptors (Lipinski definition) is 3. The molecule has 3 nitrogen and oxygen atoms in total. The van der Waals surface area contributed by atoms with Crippen molar-refractivity contribution in [3.63, 3.8) is 0 Å². The lowest BCUT2D eigenvalue weighted by Crippen LogP contribution is -2.32. The molecule has 0 saturated carbocycles. The van der Waals surface area contributed by atoms with Crippen molar-refractivity contribution in [1.29, 1.82) is 0 Å². The summed E-state index contributed by atoms with van der Waals surface area (Å²) in [5.41, 5.74) is 1.23. The van der Waals surface area contributed by atoms with Crippen LogP contribution in [0.4, 0.5) is 5.82 Å². The van der Waals surface area contributed by atoms with Gasteiger partial charge in [-0.15, -0.1) is 0 Å². The quantitative estimate of drug-likeness (QED) is 0.871. The molecule has 0 fully saturated rings. The van der Waals surface area contributed by atoms with Gasteiger partial charge in [-0.3, -0.25) is 0 Å². The average Bonchev–Trinajstić information content (AvgIpc) is 2.28. The number of nitrogens with zero attached hydrogens (tertiary/aromatic N) is 2. The Morgan fingerprint density at radius 3 is 2.75 bits per heavy atom. The van der Waals surface area contributed by atoms with Gasteiger partial charge in [-0.1, -0.05) is 6.92 Å². The molecule has 0 bridgehead atoms. The smallest absolute Gasteiger partial charge is 0.128 e.